The fourth-order valence-electron chi connectivity index (χ4n) is 2.89. The lowest BCUT2D eigenvalue weighted by Crippen LogP contribution is -2.26. The largest absolute Gasteiger partial charge is 0.317 e. The average molecular weight is 371 g/mol. The molecule has 128 valence electrons. The summed E-state index contributed by atoms with van der Waals surface area (Å²) in [6.07, 6.45) is 4.15. The zero-order chi connectivity index (χ0) is 17.1. The van der Waals surface area contributed by atoms with Gasteiger partial charge in [-0.3, -0.25) is 10.1 Å². The molecule has 0 unspecified atom stereocenters. The van der Waals surface area contributed by atoms with Crippen molar-refractivity contribution < 1.29 is 4.79 Å². The maximum Gasteiger partial charge on any atom is 0.257 e. The summed E-state index contributed by atoms with van der Waals surface area (Å²) in [4.78, 5) is 18.0. The van der Waals surface area contributed by atoms with Gasteiger partial charge in [0, 0.05) is 27.6 Å². The molecule has 6 nitrogen and oxygen atoms in total. The molecule has 2 N–H and O–H groups in total. The van der Waals surface area contributed by atoms with Gasteiger partial charge in [-0.25, -0.2) is 4.98 Å². The number of nitrogens with zero attached hydrogens (tertiary/aromatic N) is 3. The summed E-state index contributed by atoms with van der Waals surface area (Å²) < 4.78 is 3.85. The summed E-state index contributed by atoms with van der Waals surface area (Å²) in [5.41, 5.74) is 2.38. The second-order valence-corrected chi connectivity index (χ2v) is 7.59. The third-order valence-corrected chi connectivity index (χ3v) is 5.87. The Labute approximate surface area is 153 Å². The number of piperidine rings is 1. The van der Waals surface area contributed by atoms with E-state index in [1.807, 2.05) is 23.7 Å². The van der Waals surface area contributed by atoms with Crippen LogP contribution in [0, 0.1) is 0 Å². The lowest BCUT2D eigenvalue weighted by atomic mass is 9.97. The minimum Gasteiger partial charge on any atom is -0.317 e. The van der Waals surface area contributed by atoms with Crippen LogP contribution >= 0.6 is 22.9 Å². The first-order valence-corrected chi connectivity index (χ1v) is 9.80. The van der Waals surface area contributed by atoms with Crippen LogP contribution < -0.4 is 10.6 Å². The number of aromatic nitrogens is 3. The van der Waals surface area contributed by atoms with Gasteiger partial charge in [-0.05, 0) is 55.5 Å². The number of carbonyl (C=O) groups excluding carboxylic acids is 1. The molecule has 0 saturated carbocycles. The Kier molecular flexibility index (Phi) is 4.82. The molecule has 0 spiro atoms. The van der Waals surface area contributed by atoms with E-state index in [0.717, 1.165) is 37.2 Å². The molecule has 3 heterocycles. The van der Waals surface area contributed by atoms with Crippen molar-refractivity contribution in [1.82, 2.24) is 19.9 Å². The molecule has 2 aromatic heterocycles. The van der Waals surface area contributed by atoms with Crippen LogP contribution in [0.25, 0.3) is 11.3 Å². The van der Waals surface area contributed by atoms with E-state index in [4.69, 9.17) is 0 Å². The summed E-state index contributed by atoms with van der Waals surface area (Å²) in [5.74, 6) is 0.407. The first kappa shape index (κ1) is 16.3. The van der Waals surface area contributed by atoms with E-state index in [2.05, 4.69) is 25.2 Å². The van der Waals surface area contributed by atoms with Crippen LogP contribution in [0.3, 0.4) is 0 Å². The SMILES string of the molecule is O=C(Nc1ncc(C2CCNCC2)s1)c1ccc(-c2csnn2)cc1. The van der Waals surface area contributed by atoms with Crippen LogP contribution in [0.15, 0.2) is 35.8 Å². The van der Waals surface area contributed by atoms with Crippen LogP contribution in [0.1, 0.15) is 34.0 Å². The highest BCUT2D eigenvalue weighted by Gasteiger charge is 2.18. The Morgan fingerprint density at radius 2 is 2.00 bits per heavy atom. The molecule has 0 bridgehead atoms. The minimum absolute atomic E-state index is 0.144. The second-order valence-electron chi connectivity index (χ2n) is 5.91. The summed E-state index contributed by atoms with van der Waals surface area (Å²) >= 11 is 2.89. The molecule has 1 aromatic carbocycles. The van der Waals surface area contributed by atoms with E-state index >= 15 is 0 Å². The van der Waals surface area contributed by atoms with Crippen molar-refractivity contribution in [2.75, 3.05) is 18.4 Å². The lowest BCUT2D eigenvalue weighted by molar-refractivity contribution is 0.102. The first-order chi connectivity index (χ1) is 12.3. The number of rotatable bonds is 4. The average Bonchev–Trinajstić information content (AvgIpc) is 3.35. The highest BCUT2D eigenvalue weighted by molar-refractivity contribution is 7.15. The van der Waals surface area contributed by atoms with E-state index in [1.165, 1.54) is 16.4 Å². The van der Waals surface area contributed by atoms with Gasteiger partial charge in [-0.15, -0.1) is 16.4 Å². The zero-order valence-corrected chi connectivity index (χ0v) is 15.1. The monoisotopic (exact) mass is 371 g/mol. The van der Waals surface area contributed by atoms with Gasteiger partial charge in [0.25, 0.3) is 5.91 Å². The molecule has 4 rings (SSSR count). The Bertz CT molecular complexity index is 838. The van der Waals surface area contributed by atoms with Gasteiger partial charge in [0.15, 0.2) is 5.13 Å². The highest BCUT2D eigenvalue weighted by Crippen LogP contribution is 2.31. The van der Waals surface area contributed by atoms with Crippen molar-refractivity contribution >= 4 is 33.9 Å². The van der Waals surface area contributed by atoms with Crippen LogP contribution in [-0.2, 0) is 0 Å². The zero-order valence-electron chi connectivity index (χ0n) is 13.4. The molecule has 1 amide bonds. The third-order valence-electron chi connectivity index (χ3n) is 4.29. The van der Waals surface area contributed by atoms with Crippen LogP contribution in [-0.4, -0.2) is 33.6 Å². The quantitative estimate of drug-likeness (QED) is 0.735. The fraction of sp³-hybridized carbons (Fsp3) is 0.294. The number of anilines is 1. The normalized spacial score (nSPS) is 15.2. The Hall–Kier alpha value is -2.16. The Morgan fingerprint density at radius 3 is 2.72 bits per heavy atom. The van der Waals surface area contributed by atoms with Gasteiger partial charge in [0.2, 0.25) is 0 Å². The summed E-state index contributed by atoms with van der Waals surface area (Å²) in [7, 11) is 0. The number of carbonyl (C=O) groups is 1. The molecule has 0 aliphatic carbocycles. The Morgan fingerprint density at radius 1 is 1.20 bits per heavy atom. The summed E-state index contributed by atoms with van der Waals surface area (Å²) in [5, 5.41) is 12.8. The minimum atomic E-state index is -0.144. The number of amides is 1. The van der Waals surface area contributed by atoms with Gasteiger partial charge in [0.05, 0.1) is 0 Å². The highest BCUT2D eigenvalue weighted by atomic mass is 32.1. The third kappa shape index (κ3) is 3.76. The van der Waals surface area contributed by atoms with Gasteiger partial charge in [0.1, 0.15) is 5.69 Å². The van der Waals surface area contributed by atoms with Crippen molar-refractivity contribution in [1.29, 1.82) is 0 Å². The molecule has 1 aliphatic heterocycles. The fourth-order valence-corrected chi connectivity index (χ4v) is 4.34. The molecule has 25 heavy (non-hydrogen) atoms. The van der Waals surface area contributed by atoms with Crippen LogP contribution in [0.4, 0.5) is 5.13 Å². The molecule has 1 fully saturated rings. The van der Waals surface area contributed by atoms with Crippen molar-refractivity contribution in [3.05, 3.63) is 46.3 Å². The standard InChI is InChI=1S/C17H17N5OS2/c23-16(13-3-1-11(2-4-13)14-10-24-22-21-14)20-17-19-9-15(25-17)12-5-7-18-8-6-12/h1-4,9-10,12,18H,5-8H2,(H,19,20,23). The molecule has 1 saturated heterocycles. The summed E-state index contributed by atoms with van der Waals surface area (Å²) in [6.45, 7) is 2.09. The van der Waals surface area contributed by atoms with Crippen molar-refractivity contribution in [2.45, 2.75) is 18.8 Å². The maximum absolute atomic E-state index is 12.4. The number of hydrogen-bond acceptors (Lipinski definition) is 7. The van der Waals surface area contributed by atoms with E-state index in [0.29, 0.717) is 16.6 Å². The van der Waals surface area contributed by atoms with E-state index < -0.39 is 0 Å². The van der Waals surface area contributed by atoms with Crippen molar-refractivity contribution in [3.8, 4) is 11.3 Å². The lowest BCUT2D eigenvalue weighted by Gasteiger charge is -2.20. The molecule has 8 heteroatoms. The number of nitrogens with one attached hydrogen (secondary N) is 2. The van der Waals surface area contributed by atoms with E-state index in [1.54, 1.807) is 23.5 Å². The molecule has 0 radical (unpaired) electrons. The maximum atomic E-state index is 12.4. The van der Waals surface area contributed by atoms with Crippen LogP contribution in [0.2, 0.25) is 0 Å². The van der Waals surface area contributed by atoms with Crippen LogP contribution in [0.5, 0.6) is 0 Å². The van der Waals surface area contributed by atoms with E-state index in [-0.39, 0.29) is 5.91 Å². The molecule has 0 atom stereocenters. The second kappa shape index (κ2) is 7.38. The predicted molar refractivity (Wildman–Crippen MR) is 100 cm³/mol. The van der Waals surface area contributed by atoms with Crippen molar-refractivity contribution in [2.24, 2.45) is 0 Å². The first-order valence-electron chi connectivity index (χ1n) is 8.15. The number of benzene rings is 1. The number of thiazole rings is 1. The summed E-state index contributed by atoms with van der Waals surface area (Å²) in [6, 6.07) is 7.36. The van der Waals surface area contributed by atoms with Gasteiger partial charge >= 0.3 is 0 Å². The topological polar surface area (TPSA) is 79.8 Å². The van der Waals surface area contributed by atoms with Gasteiger partial charge in [-0.1, -0.05) is 16.6 Å². The molecular formula is C17H17N5OS2. The van der Waals surface area contributed by atoms with Crippen molar-refractivity contribution in [3.63, 3.8) is 0 Å². The molecular weight excluding hydrogens is 354 g/mol. The Balaban J connectivity index is 1.42. The molecule has 1 aliphatic rings. The van der Waals surface area contributed by atoms with Gasteiger partial charge in [-0.2, -0.15) is 0 Å². The smallest absolute Gasteiger partial charge is 0.257 e. The predicted octanol–water partition coefficient (Wildman–Crippen LogP) is 3.38. The van der Waals surface area contributed by atoms with E-state index in [9.17, 15) is 4.79 Å². The molecule has 3 aromatic rings. The van der Waals surface area contributed by atoms with Gasteiger partial charge < -0.3 is 5.32 Å². The number of hydrogen-bond donors (Lipinski definition) is 2.